The molecule has 0 saturated carbocycles. The zero-order valence-electron chi connectivity index (χ0n) is 19.5. The Hall–Kier alpha value is -4.33. The maximum Gasteiger partial charge on any atom is 0.412 e. The predicted molar refractivity (Wildman–Crippen MR) is 132 cm³/mol. The van der Waals surface area contributed by atoms with Crippen LogP contribution in [0.5, 0.6) is 5.75 Å². The molecule has 3 amide bonds. The molecule has 0 aromatic heterocycles. The van der Waals surface area contributed by atoms with Gasteiger partial charge in [0.15, 0.2) is 0 Å². The van der Waals surface area contributed by atoms with Crippen molar-refractivity contribution in [2.75, 3.05) is 23.1 Å². The Bertz CT molecular complexity index is 1170. The van der Waals surface area contributed by atoms with E-state index in [0.29, 0.717) is 22.6 Å². The molecule has 3 rings (SSSR count). The van der Waals surface area contributed by atoms with Crippen LogP contribution in [0.3, 0.4) is 0 Å². The van der Waals surface area contributed by atoms with Crippen molar-refractivity contribution in [2.24, 2.45) is 0 Å². The van der Waals surface area contributed by atoms with Crippen molar-refractivity contribution in [3.8, 4) is 5.75 Å². The Kier molecular flexibility index (Phi) is 7.53. The van der Waals surface area contributed by atoms with E-state index < -0.39 is 17.6 Å². The number of amides is 3. The SMILES string of the molecule is COc1ccc(C(=O)Nc2cc(C(=O)Nc3ccccc3)ccc2NC(=O)OC(C)(C)C)cc1. The number of hydrogen-bond acceptors (Lipinski definition) is 5. The summed E-state index contributed by atoms with van der Waals surface area (Å²) in [5, 5.41) is 8.19. The lowest BCUT2D eigenvalue weighted by atomic mass is 10.1. The van der Waals surface area contributed by atoms with Crippen molar-refractivity contribution in [2.45, 2.75) is 26.4 Å². The van der Waals surface area contributed by atoms with Gasteiger partial charge in [0.05, 0.1) is 18.5 Å². The second kappa shape index (κ2) is 10.5. The number of anilines is 3. The minimum absolute atomic E-state index is 0.243. The maximum atomic E-state index is 12.9. The van der Waals surface area contributed by atoms with Crippen molar-refractivity contribution in [3.05, 3.63) is 83.9 Å². The van der Waals surface area contributed by atoms with Crippen molar-refractivity contribution < 1.29 is 23.9 Å². The van der Waals surface area contributed by atoms with Gasteiger partial charge in [0.1, 0.15) is 11.4 Å². The fourth-order valence-corrected chi connectivity index (χ4v) is 2.97. The van der Waals surface area contributed by atoms with E-state index in [4.69, 9.17) is 9.47 Å². The van der Waals surface area contributed by atoms with Gasteiger partial charge >= 0.3 is 6.09 Å². The van der Waals surface area contributed by atoms with Crippen LogP contribution in [0, 0.1) is 0 Å². The van der Waals surface area contributed by atoms with Gasteiger partial charge in [-0.3, -0.25) is 14.9 Å². The van der Waals surface area contributed by atoms with Gasteiger partial charge in [0, 0.05) is 16.8 Å². The number of carbonyl (C=O) groups is 3. The van der Waals surface area contributed by atoms with Gasteiger partial charge < -0.3 is 20.1 Å². The molecule has 0 spiro atoms. The monoisotopic (exact) mass is 461 g/mol. The first-order valence-electron chi connectivity index (χ1n) is 10.6. The molecule has 3 aromatic rings. The summed E-state index contributed by atoms with van der Waals surface area (Å²) in [6.45, 7) is 5.24. The van der Waals surface area contributed by atoms with Crippen LogP contribution in [-0.2, 0) is 4.74 Å². The Morgan fingerprint density at radius 2 is 1.32 bits per heavy atom. The van der Waals surface area contributed by atoms with Crippen molar-refractivity contribution >= 4 is 35.0 Å². The van der Waals surface area contributed by atoms with E-state index in [1.165, 1.54) is 19.2 Å². The molecule has 8 nitrogen and oxygen atoms in total. The second-order valence-corrected chi connectivity index (χ2v) is 8.39. The number of carbonyl (C=O) groups excluding carboxylic acids is 3. The number of rotatable bonds is 6. The zero-order chi connectivity index (χ0) is 24.7. The minimum Gasteiger partial charge on any atom is -0.497 e. The van der Waals surface area contributed by atoms with E-state index in [2.05, 4.69) is 16.0 Å². The number of para-hydroxylation sites is 1. The highest BCUT2D eigenvalue weighted by Gasteiger charge is 2.19. The fraction of sp³-hybridized carbons (Fsp3) is 0.192. The Balaban J connectivity index is 1.87. The normalized spacial score (nSPS) is 10.7. The first kappa shape index (κ1) is 24.3. The topological polar surface area (TPSA) is 106 Å². The molecule has 0 bridgehead atoms. The summed E-state index contributed by atoms with van der Waals surface area (Å²) in [6, 6.07) is 20.1. The third-order valence-electron chi connectivity index (χ3n) is 4.55. The van der Waals surface area contributed by atoms with Crippen LogP contribution >= 0.6 is 0 Å². The van der Waals surface area contributed by atoms with Crippen LogP contribution < -0.4 is 20.7 Å². The second-order valence-electron chi connectivity index (χ2n) is 8.39. The molecule has 0 aliphatic heterocycles. The average molecular weight is 462 g/mol. The lowest BCUT2D eigenvalue weighted by molar-refractivity contribution is 0.0635. The van der Waals surface area contributed by atoms with Crippen LogP contribution in [-0.4, -0.2) is 30.6 Å². The minimum atomic E-state index is -0.702. The number of hydrogen-bond donors (Lipinski definition) is 3. The molecule has 8 heteroatoms. The standard InChI is InChI=1S/C26H27N3O5/c1-26(2,3)34-25(32)29-21-15-12-18(24(31)27-19-8-6-5-7-9-19)16-22(21)28-23(30)17-10-13-20(33-4)14-11-17/h5-16H,1-4H3,(H,27,31)(H,28,30)(H,29,32). The molecular weight excluding hydrogens is 434 g/mol. The van der Waals surface area contributed by atoms with E-state index in [1.54, 1.807) is 63.2 Å². The Labute approximate surface area is 198 Å². The van der Waals surface area contributed by atoms with E-state index in [0.717, 1.165) is 0 Å². The molecule has 0 atom stereocenters. The Morgan fingerprint density at radius 1 is 0.706 bits per heavy atom. The lowest BCUT2D eigenvalue weighted by Crippen LogP contribution is -2.27. The summed E-state index contributed by atoms with van der Waals surface area (Å²) in [4.78, 5) is 37.9. The van der Waals surface area contributed by atoms with Crippen LogP contribution in [0.15, 0.2) is 72.8 Å². The molecule has 3 aromatic carbocycles. The summed E-state index contributed by atoms with van der Waals surface area (Å²) in [7, 11) is 1.54. The molecule has 34 heavy (non-hydrogen) atoms. The van der Waals surface area contributed by atoms with Crippen molar-refractivity contribution in [1.29, 1.82) is 0 Å². The van der Waals surface area contributed by atoms with Crippen molar-refractivity contribution in [1.82, 2.24) is 0 Å². The predicted octanol–water partition coefficient (Wildman–Crippen LogP) is 5.55. The summed E-state index contributed by atoms with van der Waals surface area (Å²) in [5.41, 5.74) is 1.13. The largest absolute Gasteiger partial charge is 0.497 e. The number of nitrogens with one attached hydrogen (secondary N) is 3. The number of methoxy groups -OCH3 is 1. The van der Waals surface area contributed by atoms with Gasteiger partial charge in [-0.1, -0.05) is 18.2 Å². The van der Waals surface area contributed by atoms with Gasteiger partial charge in [0.2, 0.25) is 0 Å². The van der Waals surface area contributed by atoms with E-state index in [1.807, 2.05) is 18.2 Å². The zero-order valence-corrected chi connectivity index (χ0v) is 19.5. The number of ether oxygens (including phenoxy) is 2. The highest BCUT2D eigenvalue weighted by molar-refractivity contribution is 6.10. The van der Waals surface area contributed by atoms with E-state index >= 15 is 0 Å². The smallest absolute Gasteiger partial charge is 0.412 e. The van der Waals surface area contributed by atoms with Gasteiger partial charge in [-0.15, -0.1) is 0 Å². The summed E-state index contributed by atoms with van der Waals surface area (Å²) in [6.07, 6.45) is -0.686. The summed E-state index contributed by atoms with van der Waals surface area (Å²) in [5.74, 6) is -0.172. The third-order valence-corrected chi connectivity index (χ3v) is 4.55. The molecule has 0 heterocycles. The van der Waals surface area contributed by atoms with Gasteiger partial charge in [0.25, 0.3) is 11.8 Å². The summed E-state index contributed by atoms with van der Waals surface area (Å²) < 4.78 is 10.4. The Morgan fingerprint density at radius 3 is 1.94 bits per heavy atom. The highest BCUT2D eigenvalue weighted by Crippen LogP contribution is 2.26. The third kappa shape index (κ3) is 6.83. The molecular formula is C26H27N3O5. The first-order valence-corrected chi connectivity index (χ1v) is 10.6. The molecule has 0 saturated heterocycles. The van der Waals surface area contributed by atoms with E-state index in [9.17, 15) is 14.4 Å². The van der Waals surface area contributed by atoms with Gasteiger partial charge in [-0.2, -0.15) is 0 Å². The van der Waals surface area contributed by atoms with Crippen LogP contribution in [0.4, 0.5) is 21.9 Å². The lowest BCUT2D eigenvalue weighted by Gasteiger charge is -2.21. The molecule has 176 valence electrons. The van der Waals surface area contributed by atoms with Crippen molar-refractivity contribution in [3.63, 3.8) is 0 Å². The quantitative estimate of drug-likeness (QED) is 0.446. The maximum absolute atomic E-state index is 12.9. The molecule has 0 unspecified atom stereocenters. The molecule has 0 fully saturated rings. The summed E-state index contributed by atoms with van der Waals surface area (Å²) >= 11 is 0. The average Bonchev–Trinajstić information content (AvgIpc) is 2.79. The van der Waals surface area contributed by atoms with E-state index in [-0.39, 0.29) is 17.3 Å². The molecule has 0 aliphatic rings. The molecule has 0 aliphatic carbocycles. The van der Waals surface area contributed by atoms with Crippen LogP contribution in [0.2, 0.25) is 0 Å². The van der Waals surface area contributed by atoms with Crippen LogP contribution in [0.1, 0.15) is 41.5 Å². The van der Waals surface area contributed by atoms with Gasteiger partial charge in [-0.05, 0) is 75.4 Å². The first-order chi connectivity index (χ1) is 16.1. The highest BCUT2D eigenvalue weighted by atomic mass is 16.6. The van der Waals surface area contributed by atoms with Gasteiger partial charge in [-0.25, -0.2) is 4.79 Å². The fourth-order valence-electron chi connectivity index (χ4n) is 2.97. The van der Waals surface area contributed by atoms with Crippen LogP contribution in [0.25, 0.3) is 0 Å². The number of benzene rings is 3. The molecule has 3 N–H and O–H groups in total. The molecule has 0 radical (unpaired) electrons.